The van der Waals surface area contributed by atoms with Gasteiger partial charge in [0.25, 0.3) is 0 Å². The molecule has 5 heteroatoms. The average Bonchev–Trinajstić information content (AvgIpc) is 2.61. The number of hydrogen-bond acceptors (Lipinski definition) is 4. The summed E-state index contributed by atoms with van der Waals surface area (Å²) in [6.07, 6.45) is 1.29. The van der Waals surface area contributed by atoms with Crippen LogP contribution < -0.4 is 5.73 Å². The number of nitrogens with zero attached hydrogens (tertiary/aromatic N) is 3. The molecule has 0 aliphatic carbocycles. The predicted octanol–water partition coefficient (Wildman–Crippen LogP) is 2.11. The van der Waals surface area contributed by atoms with Crippen molar-refractivity contribution in [1.29, 1.82) is 0 Å². The lowest BCUT2D eigenvalue weighted by Crippen LogP contribution is -2.61. The van der Waals surface area contributed by atoms with Gasteiger partial charge in [-0.3, -0.25) is 14.8 Å². The fourth-order valence-corrected chi connectivity index (χ4v) is 2.92. The fraction of sp³-hybridized carbons (Fsp3) is 0.625. The summed E-state index contributed by atoms with van der Waals surface area (Å²) in [5, 5.41) is 3.80. The lowest BCUT2D eigenvalue weighted by molar-refractivity contribution is -0.164. The van der Waals surface area contributed by atoms with Crippen LogP contribution in [0.25, 0.3) is 0 Å². The van der Waals surface area contributed by atoms with Crippen molar-refractivity contribution in [1.82, 2.24) is 15.0 Å². The lowest BCUT2D eigenvalue weighted by atomic mass is 9.99. The first kappa shape index (κ1) is 15.9. The normalized spacial score (nSPS) is 24.7. The van der Waals surface area contributed by atoms with E-state index in [1.807, 2.05) is 44.0 Å². The number of carbonyl (C=O) groups is 1. The molecule has 1 saturated heterocycles. The van der Waals surface area contributed by atoms with E-state index in [1.54, 1.807) is 11.2 Å². The summed E-state index contributed by atoms with van der Waals surface area (Å²) in [5.41, 5.74) is 6.60. The van der Waals surface area contributed by atoms with Gasteiger partial charge in [-0.25, -0.2) is 0 Å². The van der Waals surface area contributed by atoms with Gasteiger partial charge in [0, 0.05) is 11.7 Å². The lowest BCUT2D eigenvalue weighted by Gasteiger charge is -2.46. The molecule has 2 rings (SSSR count). The van der Waals surface area contributed by atoms with Crippen LogP contribution in [-0.4, -0.2) is 38.2 Å². The van der Waals surface area contributed by atoms with E-state index in [1.165, 1.54) is 0 Å². The molecule has 2 unspecified atom stereocenters. The summed E-state index contributed by atoms with van der Waals surface area (Å²) >= 11 is 0. The van der Waals surface area contributed by atoms with Crippen molar-refractivity contribution < 1.29 is 4.79 Å². The Labute approximate surface area is 127 Å². The summed E-state index contributed by atoms with van der Waals surface area (Å²) < 4.78 is 0. The molecule has 1 aliphatic heterocycles. The molecule has 1 fully saturated rings. The van der Waals surface area contributed by atoms with Gasteiger partial charge < -0.3 is 5.73 Å². The predicted molar refractivity (Wildman–Crippen MR) is 83.1 cm³/mol. The van der Waals surface area contributed by atoms with Gasteiger partial charge in [-0.1, -0.05) is 6.07 Å². The third-order valence-corrected chi connectivity index (χ3v) is 3.64. The molecule has 5 nitrogen and oxygen atoms in total. The van der Waals surface area contributed by atoms with Crippen molar-refractivity contribution >= 4 is 5.91 Å². The molecule has 0 bridgehead atoms. The zero-order valence-corrected chi connectivity index (χ0v) is 13.8. The first-order valence-electron chi connectivity index (χ1n) is 7.35. The van der Waals surface area contributed by atoms with Crippen LogP contribution in [0.3, 0.4) is 0 Å². The third-order valence-electron chi connectivity index (χ3n) is 3.64. The van der Waals surface area contributed by atoms with Crippen LogP contribution in [-0.2, 0) is 4.79 Å². The molecule has 1 amide bonds. The van der Waals surface area contributed by atoms with Crippen molar-refractivity contribution in [2.24, 2.45) is 5.73 Å². The van der Waals surface area contributed by atoms with Gasteiger partial charge in [0.15, 0.2) is 0 Å². The Bertz CT molecular complexity index is 515. The molecule has 1 aliphatic rings. The Morgan fingerprint density at radius 1 is 1.10 bits per heavy atom. The maximum Gasteiger partial charge on any atom is 0.249 e. The van der Waals surface area contributed by atoms with Crippen LogP contribution in [0.5, 0.6) is 0 Å². The average molecular weight is 290 g/mol. The van der Waals surface area contributed by atoms with Crippen molar-refractivity contribution in [2.45, 2.75) is 64.7 Å². The number of rotatable bonds is 1. The number of aromatic nitrogens is 1. The smallest absolute Gasteiger partial charge is 0.249 e. The Kier molecular flexibility index (Phi) is 3.84. The number of carbonyl (C=O) groups excluding carboxylic acids is 1. The van der Waals surface area contributed by atoms with Gasteiger partial charge in [0.1, 0.15) is 5.92 Å². The van der Waals surface area contributed by atoms with Gasteiger partial charge in [-0.05, 0) is 53.7 Å². The zero-order valence-electron chi connectivity index (χ0n) is 13.8. The number of hydrazine groups is 1. The molecule has 2 atom stereocenters. The minimum Gasteiger partial charge on any atom is -0.313 e. The summed E-state index contributed by atoms with van der Waals surface area (Å²) in [5.74, 6) is -0.409. The molecule has 0 spiro atoms. The second kappa shape index (κ2) is 5.07. The minimum atomic E-state index is -0.426. The van der Waals surface area contributed by atoms with Gasteiger partial charge in [0.05, 0.1) is 17.4 Å². The Balaban J connectivity index is 2.50. The molecule has 1 aromatic heterocycles. The highest BCUT2D eigenvalue weighted by Gasteiger charge is 2.53. The Morgan fingerprint density at radius 2 is 1.71 bits per heavy atom. The van der Waals surface area contributed by atoms with E-state index in [0.717, 1.165) is 5.69 Å². The Hall–Kier alpha value is -1.46. The van der Waals surface area contributed by atoms with E-state index in [0.29, 0.717) is 0 Å². The maximum atomic E-state index is 13.0. The zero-order chi connectivity index (χ0) is 16.0. The minimum absolute atomic E-state index is 0.0172. The summed E-state index contributed by atoms with van der Waals surface area (Å²) in [6.45, 7) is 12.3. The molecule has 116 valence electrons. The first-order chi connectivity index (χ1) is 9.55. The molecule has 0 saturated carbocycles. The quantitative estimate of drug-likeness (QED) is 0.860. The van der Waals surface area contributed by atoms with Crippen LogP contribution in [0, 0.1) is 0 Å². The summed E-state index contributed by atoms with van der Waals surface area (Å²) in [6, 6.07) is 5.61. The summed E-state index contributed by atoms with van der Waals surface area (Å²) in [7, 11) is 0. The molecule has 0 radical (unpaired) electrons. The van der Waals surface area contributed by atoms with E-state index in [-0.39, 0.29) is 17.0 Å². The first-order valence-corrected chi connectivity index (χ1v) is 7.35. The molecule has 0 aromatic carbocycles. The standard InChI is InChI=1S/C16H26N4O/c1-15(2,3)19-13(17)12(11-9-7-8-10-18-11)14(21)20(19)16(4,5)6/h7-10,12-13H,17H2,1-6H3. The maximum absolute atomic E-state index is 13.0. The topological polar surface area (TPSA) is 62.5 Å². The SMILES string of the molecule is CC(C)(C)N1C(=O)C(c2ccccn2)C(N)N1C(C)(C)C. The molecule has 21 heavy (non-hydrogen) atoms. The van der Waals surface area contributed by atoms with Crippen molar-refractivity contribution in [2.75, 3.05) is 0 Å². The van der Waals surface area contributed by atoms with Crippen LogP contribution in [0.15, 0.2) is 24.4 Å². The van der Waals surface area contributed by atoms with Gasteiger partial charge in [-0.2, -0.15) is 5.01 Å². The van der Waals surface area contributed by atoms with E-state index >= 15 is 0 Å². The van der Waals surface area contributed by atoms with E-state index < -0.39 is 12.1 Å². The highest BCUT2D eigenvalue weighted by atomic mass is 16.2. The van der Waals surface area contributed by atoms with Crippen LogP contribution >= 0.6 is 0 Å². The highest BCUT2D eigenvalue weighted by Crippen LogP contribution is 2.39. The van der Waals surface area contributed by atoms with Crippen LogP contribution in [0.2, 0.25) is 0 Å². The number of pyridine rings is 1. The number of hydrogen-bond donors (Lipinski definition) is 1. The van der Waals surface area contributed by atoms with Crippen molar-refractivity contribution in [3.8, 4) is 0 Å². The van der Waals surface area contributed by atoms with Gasteiger partial charge in [-0.15, -0.1) is 0 Å². The molecule has 2 heterocycles. The fourth-order valence-electron chi connectivity index (χ4n) is 2.92. The van der Waals surface area contributed by atoms with Crippen molar-refractivity contribution in [3.05, 3.63) is 30.1 Å². The van der Waals surface area contributed by atoms with Crippen molar-refractivity contribution in [3.63, 3.8) is 0 Å². The van der Waals surface area contributed by atoms with E-state index in [2.05, 4.69) is 25.8 Å². The van der Waals surface area contributed by atoms with E-state index in [9.17, 15) is 4.79 Å². The summed E-state index contributed by atoms with van der Waals surface area (Å²) in [4.78, 5) is 17.3. The highest BCUT2D eigenvalue weighted by molar-refractivity contribution is 5.86. The molecular formula is C16H26N4O. The monoisotopic (exact) mass is 290 g/mol. The van der Waals surface area contributed by atoms with Gasteiger partial charge in [0.2, 0.25) is 5.91 Å². The Morgan fingerprint density at radius 3 is 2.10 bits per heavy atom. The van der Waals surface area contributed by atoms with E-state index in [4.69, 9.17) is 5.73 Å². The molecule has 2 N–H and O–H groups in total. The molecule has 1 aromatic rings. The number of nitrogens with two attached hydrogens (primary N) is 1. The largest absolute Gasteiger partial charge is 0.313 e. The van der Waals surface area contributed by atoms with Crippen LogP contribution in [0.1, 0.15) is 53.2 Å². The third kappa shape index (κ3) is 2.80. The van der Waals surface area contributed by atoms with Gasteiger partial charge >= 0.3 is 0 Å². The van der Waals surface area contributed by atoms with Crippen LogP contribution in [0.4, 0.5) is 0 Å². The number of amides is 1. The molecular weight excluding hydrogens is 264 g/mol. The second-order valence-electron chi connectivity index (χ2n) is 7.56. The second-order valence-corrected chi connectivity index (χ2v) is 7.56.